The number of nitro groups is 1. The standard InChI is InChI=1S/C11H10N2O4/c12-6-8-1-2-11(10(5-8)13(14)15)17-9-3-4-16-7-9/h1-2,5,9H,3-4,7H2. The minimum atomic E-state index is -0.550. The maximum Gasteiger partial charge on any atom is 0.312 e. The molecule has 1 unspecified atom stereocenters. The summed E-state index contributed by atoms with van der Waals surface area (Å²) in [6, 6.07) is 6.02. The minimum absolute atomic E-state index is 0.151. The van der Waals surface area contributed by atoms with Crippen LogP contribution in [0.25, 0.3) is 0 Å². The number of nitro benzene ring substituents is 1. The predicted octanol–water partition coefficient (Wildman–Crippen LogP) is 1.63. The van der Waals surface area contributed by atoms with Gasteiger partial charge in [0.15, 0.2) is 5.75 Å². The van der Waals surface area contributed by atoms with Crippen LogP contribution in [0.3, 0.4) is 0 Å². The first-order valence-corrected chi connectivity index (χ1v) is 5.13. The zero-order chi connectivity index (χ0) is 12.3. The van der Waals surface area contributed by atoms with Gasteiger partial charge in [0, 0.05) is 12.5 Å². The molecule has 17 heavy (non-hydrogen) atoms. The summed E-state index contributed by atoms with van der Waals surface area (Å²) in [5.74, 6) is 0.185. The molecule has 1 aromatic rings. The summed E-state index contributed by atoms with van der Waals surface area (Å²) in [4.78, 5) is 10.3. The number of ether oxygens (including phenoxy) is 2. The Balaban J connectivity index is 2.26. The van der Waals surface area contributed by atoms with Crippen LogP contribution < -0.4 is 4.74 Å². The molecule has 0 aliphatic carbocycles. The van der Waals surface area contributed by atoms with Gasteiger partial charge in [-0.25, -0.2) is 0 Å². The van der Waals surface area contributed by atoms with Gasteiger partial charge in [-0.15, -0.1) is 0 Å². The zero-order valence-corrected chi connectivity index (χ0v) is 8.96. The molecule has 0 aromatic heterocycles. The first kappa shape index (κ1) is 11.4. The van der Waals surface area contributed by atoms with Crippen molar-refractivity contribution in [3.63, 3.8) is 0 Å². The van der Waals surface area contributed by atoms with Crippen molar-refractivity contribution in [1.82, 2.24) is 0 Å². The summed E-state index contributed by atoms with van der Waals surface area (Å²) in [7, 11) is 0. The van der Waals surface area contributed by atoms with Crippen molar-refractivity contribution in [3.8, 4) is 11.8 Å². The Morgan fingerprint density at radius 1 is 1.59 bits per heavy atom. The smallest absolute Gasteiger partial charge is 0.312 e. The topological polar surface area (TPSA) is 85.4 Å². The van der Waals surface area contributed by atoms with E-state index in [2.05, 4.69) is 0 Å². The molecule has 0 radical (unpaired) electrons. The van der Waals surface area contributed by atoms with Crippen molar-refractivity contribution >= 4 is 5.69 Å². The van der Waals surface area contributed by atoms with Gasteiger partial charge in [-0.3, -0.25) is 10.1 Å². The lowest BCUT2D eigenvalue weighted by Gasteiger charge is -2.11. The molecular weight excluding hydrogens is 224 g/mol. The highest BCUT2D eigenvalue weighted by Gasteiger charge is 2.22. The Morgan fingerprint density at radius 3 is 3.00 bits per heavy atom. The summed E-state index contributed by atoms with van der Waals surface area (Å²) in [6.07, 6.45) is 0.568. The Bertz CT molecular complexity index is 475. The highest BCUT2D eigenvalue weighted by atomic mass is 16.6. The van der Waals surface area contributed by atoms with Crippen molar-refractivity contribution in [2.75, 3.05) is 13.2 Å². The molecule has 1 aliphatic rings. The maximum atomic E-state index is 10.8. The minimum Gasteiger partial charge on any atom is -0.481 e. The second-order valence-electron chi connectivity index (χ2n) is 3.65. The molecule has 2 rings (SSSR count). The van der Waals surface area contributed by atoms with Gasteiger partial charge in [0.05, 0.1) is 29.8 Å². The first-order valence-electron chi connectivity index (χ1n) is 5.13. The fourth-order valence-electron chi connectivity index (χ4n) is 1.61. The average molecular weight is 234 g/mol. The van der Waals surface area contributed by atoms with Crippen LogP contribution in [0.4, 0.5) is 5.69 Å². The van der Waals surface area contributed by atoms with Crippen molar-refractivity contribution in [3.05, 3.63) is 33.9 Å². The molecular formula is C11H10N2O4. The van der Waals surface area contributed by atoms with E-state index in [9.17, 15) is 10.1 Å². The third-order valence-electron chi connectivity index (χ3n) is 2.47. The van der Waals surface area contributed by atoms with Crippen LogP contribution in [-0.2, 0) is 4.74 Å². The van der Waals surface area contributed by atoms with Gasteiger partial charge in [-0.2, -0.15) is 5.26 Å². The van der Waals surface area contributed by atoms with Crippen molar-refractivity contribution < 1.29 is 14.4 Å². The number of nitriles is 1. The molecule has 0 spiro atoms. The second-order valence-corrected chi connectivity index (χ2v) is 3.65. The van der Waals surface area contributed by atoms with Gasteiger partial charge < -0.3 is 9.47 Å². The highest BCUT2D eigenvalue weighted by molar-refractivity contribution is 5.51. The van der Waals surface area contributed by atoms with Gasteiger partial charge in [0.25, 0.3) is 0 Å². The molecule has 1 saturated heterocycles. The largest absolute Gasteiger partial charge is 0.481 e. The molecule has 1 heterocycles. The molecule has 0 saturated carbocycles. The highest BCUT2D eigenvalue weighted by Crippen LogP contribution is 2.29. The van der Waals surface area contributed by atoms with Crippen molar-refractivity contribution in [1.29, 1.82) is 5.26 Å². The molecule has 0 bridgehead atoms. The summed E-state index contributed by atoms with van der Waals surface area (Å²) in [5, 5.41) is 19.5. The van der Waals surface area contributed by atoms with Gasteiger partial charge in [-0.05, 0) is 12.1 Å². The Labute approximate surface area is 97.5 Å². The molecule has 1 fully saturated rings. The average Bonchev–Trinajstić information content (AvgIpc) is 2.82. The van der Waals surface area contributed by atoms with E-state index in [1.165, 1.54) is 18.2 Å². The quantitative estimate of drug-likeness (QED) is 0.586. The third kappa shape index (κ3) is 2.52. The molecule has 0 N–H and O–H groups in total. The number of rotatable bonds is 3. The summed E-state index contributed by atoms with van der Waals surface area (Å²) >= 11 is 0. The van der Waals surface area contributed by atoms with E-state index < -0.39 is 4.92 Å². The van der Waals surface area contributed by atoms with Crippen LogP contribution in [0.1, 0.15) is 12.0 Å². The zero-order valence-electron chi connectivity index (χ0n) is 8.96. The Morgan fingerprint density at radius 2 is 2.41 bits per heavy atom. The van der Waals surface area contributed by atoms with E-state index in [0.717, 1.165) is 6.42 Å². The number of hydrogen-bond donors (Lipinski definition) is 0. The molecule has 6 nitrogen and oxygen atoms in total. The van der Waals surface area contributed by atoms with Crippen LogP contribution in [0, 0.1) is 21.4 Å². The van der Waals surface area contributed by atoms with Crippen LogP contribution in [0.15, 0.2) is 18.2 Å². The summed E-state index contributed by atoms with van der Waals surface area (Å²) in [5.41, 5.74) is 0.0580. The Hall–Kier alpha value is -2.13. The van der Waals surface area contributed by atoms with Crippen LogP contribution in [0.5, 0.6) is 5.75 Å². The van der Waals surface area contributed by atoms with Crippen molar-refractivity contribution in [2.45, 2.75) is 12.5 Å². The lowest BCUT2D eigenvalue weighted by molar-refractivity contribution is -0.386. The molecule has 1 atom stereocenters. The fourth-order valence-corrected chi connectivity index (χ4v) is 1.61. The first-order chi connectivity index (χ1) is 8.20. The number of hydrogen-bond acceptors (Lipinski definition) is 5. The van der Waals surface area contributed by atoms with Crippen LogP contribution in [-0.4, -0.2) is 24.2 Å². The van der Waals surface area contributed by atoms with Gasteiger partial charge in [-0.1, -0.05) is 0 Å². The number of benzene rings is 1. The molecule has 6 heteroatoms. The van der Waals surface area contributed by atoms with E-state index >= 15 is 0 Å². The van der Waals surface area contributed by atoms with E-state index in [0.29, 0.717) is 13.2 Å². The SMILES string of the molecule is N#Cc1ccc(OC2CCOC2)c([N+](=O)[O-])c1. The normalized spacial score (nSPS) is 18.6. The molecule has 1 aromatic carbocycles. The molecule has 88 valence electrons. The van der Waals surface area contributed by atoms with Crippen LogP contribution in [0.2, 0.25) is 0 Å². The monoisotopic (exact) mass is 234 g/mol. The van der Waals surface area contributed by atoms with E-state index in [-0.39, 0.29) is 23.1 Å². The second kappa shape index (κ2) is 4.80. The van der Waals surface area contributed by atoms with Gasteiger partial charge in [0.2, 0.25) is 0 Å². The maximum absolute atomic E-state index is 10.8. The van der Waals surface area contributed by atoms with E-state index in [1.54, 1.807) is 0 Å². The fraction of sp³-hybridized carbons (Fsp3) is 0.364. The van der Waals surface area contributed by atoms with Crippen molar-refractivity contribution in [2.24, 2.45) is 0 Å². The van der Waals surface area contributed by atoms with Gasteiger partial charge in [0.1, 0.15) is 6.10 Å². The van der Waals surface area contributed by atoms with Crippen LogP contribution >= 0.6 is 0 Å². The predicted molar refractivity (Wildman–Crippen MR) is 57.7 cm³/mol. The third-order valence-corrected chi connectivity index (χ3v) is 2.47. The number of nitrogens with zero attached hydrogens (tertiary/aromatic N) is 2. The summed E-state index contributed by atoms with van der Waals surface area (Å²) in [6.45, 7) is 1.05. The lowest BCUT2D eigenvalue weighted by Crippen LogP contribution is -2.16. The molecule has 0 amide bonds. The van der Waals surface area contributed by atoms with Gasteiger partial charge >= 0.3 is 5.69 Å². The Kier molecular flexibility index (Phi) is 3.21. The van der Waals surface area contributed by atoms with E-state index in [1.807, 2.05) is 6.07 Å². The lowest BCUT2D eigenvalue weighted by atomic mass is 10.2. The summed E-state index contributed by atoms with van der Waals surface area (Å²) < 4.78 is 10.6. The molecule has 1 aliphatic heterocycles. The van der Waals surface area contributed by atoms with E-state index in [4.69, 9.17) is 14.7 Å².